The van der Waals surface area contributed by atoms with Crippen LogP contribution in [0, 0.1) is 5.92 Å². The summed E-state index contributed by atoms with van der Waals surface area (Å²) in [6.45, 7) is 9.69. The third-order valence-corrected chi connectivity index (χ3v) is 3.97. The monoisotopic (exact) mass is 311 g/mol. The van der Waals surface area contributed by atoms with Crippen LogP contribution in [-0.2, 0) is 14.2 Å². The lowest BCUT2D eigenvalue weighted by molar-refractivity contribution is -0.135. The molecule has 1 atom stereocenters. The van der Waals surface area contributed by atoms with Gasteiger partial charge in [-0.3, -0.25) is 0 Å². The molecular formula is C17H29NO4. The maximum Gasteiger partial charge on any atom is 0.408 e. The SMILES string of the molecule is CCC(C)C1(NC(=O)OC(C)(C)C)C=CC(OC)(OC)C=C1. The van der Waals surface area contributed by atoms with E-state index < -0.39 is 23.0 Å². The van der Waals surface area contributed by atoms with E-state index in [-0.39, 0.29) is 5.92 Å². The maximum absolute atomic E-state index is 12.2. The van der Waals surface area contributed by atoms with E-state index in [4.69, 9.17) is 14.2 Å². The fourth-order valence-corrected chi connectivity index (χ4v) is 2.33. The molecule has 0 saturated carbocycles. The molecule has 0 heterocycles. The van der Waals surface area contributed by atoms with Crippen molar-refractivity contribution in [1.82, 2.24) is 5.32 Å². The van der Waals surface area contributed by atoms with Gasteiger partial charge in [-0.15, -0.1) is 0 Å². The van der Waals surface area contributed by atoms with Gasteiger partial charge in [-0.05, 0) is 38.8 Å². The standard InChI is InChI=1S/C17H29NO4/c1-8-13(2)16(18-14(19)22-15(3,4)5)9-11-17(20-6,21-7)12-10-16/h9-13H,8H2,1-7H3,(H,18,19). The quantitative estimate of drug-likeness (QED) is 0.624. The molecular weight excluding hydrogens is 282 g/mol. The Morgan fingerprint density at radius 3 is 2.00 bits per heavy atom. The van der Waals surface area contributed by atoms with Crippen LogP contribution in [0.2, 0.25) is 0 Å². The smallest absolute Gasteiger partial charge is 0.408 e. The molecule has 126 valence electrons. The van der Waals surface area contributed by atoms with Crippen LogP contribution in [0.5, 0.6) is 0 Å². The minimum Gasteiger partial charge on any atom is -0.444 e. The number of hydrogen-bond acceptors (Lipinski definition) is 4. The molecule has 1 rings (SSSR count). The Morgan fingerprint density at radius 2 is 1.64 bits per heavy atom. The number of carbonyl (C=O) groups excluding carboxylic acids is 1. The Morgan fingerprint density at radius 1 is 1.14 bits per heavy atom. The molecule has 0 aromatic heterocycles. The zero-order chi connectivity index (χ0) is 17.0. The summed E-state index contributed by atoms with van der Waals surface area (Å²) in [5, 5.41) is 2.98. The Labute approximate surface area is 133 Å². The molecule has 22 heavy (non-hydrogen) atoms. The van der Waals surface area contributed by atoms with E-state index in [0.717, 1.165) is 6.42 Å². The van der Waals surface area contributed by atoms with Gasteiger partial charge in [0.05, 0.1) is 5.54 Å². The van der Waals surface area contributed by atoms with Crippen molar-refractivity contribution >= 4 is 6.09 Å². The first-order valence-corrected chi connectivity index (χ1v) is 7.64. The summed E-state index contributed by atoms with van der Waals surface area (Å²) >= 11 is 0. The molecule has 0 saturated heterocycles. The highest BCUT2D eigenvalue weighted by Gasteiger charge is 2.39. The highest BCUT2D eigenvalue weighted by Crippen LogP contribution is 2.32. The number of carbonyl (C=O) groups is 1. The average molecular weight is 311 g/mol. The van der Waals surface area contributed by atoms with E-state index >= 15 is 0 Å². The highest BCUT2D eigenvalue weighted by molar-refractivity contribution is 5.70. The number of methoxy groups -OCH3 is 2. The van der Waals surface area contributed by atoms with Crippen molar-refractivity contribution in [1.29, 1.82) is 0 Å². The molecule has 1 unspecified atom stereocenters. The van der Waals surface area contributed by atoms with Gasteiger partial charge in [-0.1, -0.05) is 32.4 Å². The van der Waals surface area contributed by atoms with Gasteiger partial charge in [0.25, 0.3) is 0 Å². The van der Waals surface area contributed by atoms with Crippen LogP contribution >= 0.6 is 0 Å². The number of alkyl carbamates (subject to hydrolysis) is 1. The van der Waals surface area contributed by atoms with Crippen molar-refractivity contribution in [3.05, 3.63) is 24.3 Å². The van der Waals surface area contributed by atoms with Crippen molar-refractivity contribution in [2.24, 2.45) is 5.92 Å². The van der Waals surface area contributed by atoms with E-state index in [0.29, 0.717) is 0 Å². The number of hydrogen-bond donors (Lipinski definition) is 1. The molecule has 1 aliphatic rings. The molecule has 5 nitrogen and oxygen atoms in total. The Bertz CT molecular complexity index is 428. The van der Waals surface area contributed by atoms with Crippen LogP contribution in [-0.4, -0.2) is 37.2 Å². The molecule has 0 bridgehead atoms. The number of rotatable bonds is 5. The Hall–Kier alpha value is -1.33. The summed E-state index contributed by atoms with van der Waals surface area (Å²) in [5.74, 6) is -0.689. The van der Waals surface area contributed by atoms with Crippen molar-refractivity contribution in [2.75, 3.05) is 14.2 Å². The van der Waals surface area contributed by atoms with Gasteiger partial charge in [0.1, 0.15) is 5.60 Å². The second kappa shape index (κ2) is 6.84. The van der Waals surface area contributed by atoms with Gasteiger partial charge in [-0.2, -0.15) is 0 Å². The van der Waals surface area contributed by atoms with Crippen LogP contribution in [0.25, 0.3) is 0 Å². The Kier molecular flexibility index (Phi) is 5.82. The maximum atomic E-state index is 12.2. The molecule has 0 aromatic carbocycles. The normalized spacial score (nSPS) is 20.5. The predicted molar refractivity (Wildman–Crippen MR) is 86.6 cm³/mol. The summed E-state index contributed by atoms with van der Waals surface area (Å²) in [5.41, 5.74) is -1.15. The number of nitrogens with one attached hydrogen (secondary N) is 1. The van der Waals surface area contributed by atoms with Gasteiger partial charge in [0.2, 0.25) is 5.79 Å². The van der Waals surface area contributed by atoms with E-state index in [1.54, 1.807) is 14.2 Å². The number of ether oxygens (including phenoxy) is 3. The predicted octanol–water partition coefficient (Wildman–Crippen LogP) is 3.41. The van der Waals surface area contributed by atoms with Gasteiger partial charge >= 0.3 is 6.09 Å². The fourth-order valence-electron chi connectivity index (χ4n) is 2.33. The summed E-state index contributed by atoms with van der Waals surface area (Å²) in [6.07, 6.45) is 7.92. The van der Waals surface area contributed by atoms with Crippen LogP contribution in [0.15, 0.2) is 24.3 Å². The topological polar surface area (TPSA) is 56.8 Å². The van der Waals surface area contributed by atoms with Gasteiger partial charge in [0, 0.05) is 14.2 Å². The Balaban J connectivity index is 3.01. The molecule has 0 fully saturated rings. The molecule has 1 N–H and O–H groups in total. The molecule has 0 aliphatic heterocycles. The lowest BCUT2D eigenvalue weighted by Crippen LogP contribution is -2.53. The third kappa shape index (κ3) is 4.34. The molecule has 0 aromatic rings. The first kappa shape index (κ1) is 18.7. The lowest BCUT2D eigenvalue weighted by Gasteiger charge is -2.39. The van der Waals surface area contributed by atoms with Crippen molar-refractivity contribution in [3.8, 4) is 0 Å². The zero-order valence-electron chi connectivity index (χ0n) is 14.7. The average Bonchev–Trinajstić information content (AvgIpc) is 2.45. The number of amides is 1. The molecule has 5 heteroatoms. The van der Waals surface area contributed by atoms with E-state index in [2.05, 4.69) is 19.2 Å². The van der Waals surface area contributed by atoms with Gasteiger partial charge < -0.3 is 19.5 Å². The fraction of sp³-hybridized carbons (Fsp3) is 0.706. The van der Waals surface area contributed by atoms with E-state index in [9.17, 15) is 4.79 Å². The minimum absolute atomic E-state index is 0.194. The summed E-state index contributed by atoms with van der Waals surface area (Å²) < 4.78 is 16.1. The van der Waals surface area contributed by atoms with Crippen LogP contribution < -0.4 is 5.32 Å². The summed E-state index contributed by atoms with van der Waals surface area (Å²) in [4.78, 5) is 12.2. The first-order chi connectivity index (χ1) is 10.1. The molecule has 1 aliphatic carbocycles. The first-order valence-electron chi connectivity index (χ1n) is 7.64. The second-order valence-corrected chi connectivity index (χ2v) is 6.67. The van der Waals surface area contributed by atoms with Gasteiger partial charge in [-0.25, -0.2) is 4.79 Å². The second-order valence-electron chi connectivity index (χ2n) is 6.67. The van der Waals surface area contributed by atoms with E-state index in [1.165, 1.54) is 0 Å². The van der Waals surface area contributed by atoms with Crippen molar-refractivity contribution in [2.45, 2.75) is 58.0 Å². The minimum atomic E-state index is -0.882. The van der Waals surface area contributed by atoms with Gasteiger partial charge in [0.15, 0.2) is 0 Å². The highest BCUT2D eigenvalue weighted by atomic mass is 16.7. The molecule has 0 radical (unpaired) electrons. The molecule has 0 spiro atoms. The van der Waals surface area contributed by atoms with E-state index in [1.807, 2.05) is 45.1 Å². The largest absolute Gasteiger partial charge is 0.444 e. The third-order valence-electron chi connectivity index (χ3n) is 3.97. The summed E-state index contributed by atoms with van der Waals surface area (Å²) in [6, 6.07) is 0. The molecule has 1 amide bonds. The van der Waals surface area contributed by atoms with Crippen molar-refractivity contribution in [3.63, 3.8) is 0 Å². The van der Waals surface area contributed by atoms with Crippen LogP contribution in [0.3, 0.4) is 0 Å². The lowest BCUT2D eigenvalue weighted by atomic mass is 9.79. The zero-order valence-corrected chi connectivity index (χ0v) is 14.7. The summed E-state index contributed by atoms with van der Waals surface area (Å²) in [7, 11) is 3.16. The van der Waals surface area contributed by atoms with Crippen LogP contribution in [0.1, 0.15) is 41.0 Å². The van der Waals surface area contributed by atoms with Crippen LogP contribution in [0.4, 0.5) is 4.79 Å². The van der Waals surface area contributed by atoms with Crippen molar-refractivity contribution < 1.29 is 19.0 Å².